The number of Topliss-reactive ketones (excluding diaryl/α,β-unsaturated/α-hetero) is 1. The summed E-state index contributed by atoms with van der Waals surface area (Å²) in [5.41, 5.74) is 1.64. The first-order valence-corrected chi connectivity index (χ1v) is 7.30. The van der Waals surface area contributed by atoms with E-state index in [0.717, 1.165) is 12.1 Å². The van der Waals surface area contributed by atoms with Crippen LogP contribution in [0.15, 0.2) is 46.9 Å². The number of halogens is 3. The van der Waals surface area contributed by atoms with Gasteiger partial charge in [-0.1, -0.05) is 18.2 Å². The zero-order valence-electron chi connectivity index (χ0n) is 13.0. The van der Waals surface area contributed by atoms with Crippen LogP contribution in [0.5, 0.6) is 0 Å². The first-order chi connectivity index (χ1) is 11.3. The van der Waals surface area contributed by atoms with E-state index in [2.05, 4.69) is 4.98 Å². The van der Waals surface area contributed by atoms with Gasteiger partial charge in [-0.15, -0.1) is 0 Å². The summed E-state index contributed by atoms with van der Waals surface area (Å²) in [6.07, 6.45) is -4.40. The van der Waals surface area contributed by atoms with Gasteiger partial charge < -0.3 is 4.42 Å². The summed E-state index contributed by atoms with van der Waals surface area (Å²) >= 11 is 0. The van der Waals surface area contributed by atoms with E-state index in [0.29, 0.717) is 28.1 Å². The van der Waals surface area contributed by atoms with Gasteiger partial charge in [0.1, 0.15) is 11.3 Å². The number of fused-ring (bicyclic) bond motifs is 1. The molecule has 0 fully saturated rings. The smallest absolute Gasteiger partial charge is 0.416 e. The monoisotopic (exact) mass is 333 g/mol. The van der Waals surface area contributed by atoms with Crippen molar-refractivity contribution in [2.75, 3.05) is 0 Å². The van der Waals surface area contributed by atoms with E-state index in [1.807, 2.05) is 0 Å². The number of oxazole rings is 1. The lowest BCUT2D eigenvalue weighted by atomic mass is 9.87. The van der Waals surface area contributed by atoms with E-state index in [-0.39, 0.29) is 5.78 Å². The quantitative estimate of drug-likeness (QED) is 0.686. The summed E-state index contributed by atoms with van der Waals surface area (Å²) in [5.74, 6) is -0.302. The Morgan fingerprint density at radius 3 is 2.29 bits per heavy atom. The average molecular weight is 333 g/mol. The molecule has 1 heterocycles. The predicted octanol–water partition coefficient (Wildman–Crippen LogP) is 4.88. The van der Waals surface area contributed by atoms with Crippen molar-refractivity contribution in [2.24, 2.45) is 0 Å². The van der Waals surface area contributed by atoms with Crippen LogP contribution in [0.25, 0.3) is 11.1 Å². The van der Waals surface area contributed by atoms with Gasteiger partial charge in [-0.2, -0.15) is 13.2 Å². The number of carbonyl (C=O) groups is 1. The van der Waals surface area contributed by atoms with Crippen molar-refractivity contribution in [1.29, 1.82) is 0 Å². The molecule has 0 radical (unpaired) electrons. The molecule has 3 rings (SSSR count). The number of benzene rings is 2. The summed E-state index contributed by atoms with van der Waals surface area (Å²) in [7, 11) is 0. The number of alkyl halides is 3. The number of rotatable bonds is 3. The van der Waals surface area contributed by atoms with Gasteiger partial charge >= 0.3 is 6.18 Å². The Morgan fingerprint density at radius 1 is 1.08 bits per heavy atom. The van der Waals surface area contributed by atoms with Crippen molar-refractivity contribution in [3.05, 3.63) is 65.0 Å². The highest BCUT2D eigenvalue weighted by Crippen LogP contribution is 2.33. The Balaban J connectivity index is 2.04. The fourth-order valence-corrected chi connectivity index (χ4v) is 2.76. The predicted molar refractivity (Wildman–Crippen MR) is 82.7 cm³/mol. The Labute approximate surface area is 136 Å². The number of nitrogens with zero attached hydrogens (tertiary/aromatic N) is 1. The summed E-state index contributed by atoms with van der Waals surface area (Å²) in [6.45, 7) is 3.14. The third-order valence-corrected chi connectivity index (χ3v) is 3.83. The van der Waals surface area contributed by atoms with Crippen LogP contribution in [0.2, 0.25) is 0 Å². The fraction of sp³-hybridized carbons (Fsp3) is 0.222. The van der Waals surface area contributed by atoms with Crippen LogP contribution in [0.3, 0.4) is 0 Å². The summed E-state index contributed by atoms with van der Waals surface area (Å²) in [6, 6.07) is 9.84. The Hall–Kier alpha value is -2.63. The number of hydrogen-bond donors (Lipinski definition) is 0. The second kappa shape index (κ2) is 5.78. The van der Waals surface area contributed by atoms with Crippen molar-refractivity contribution < 1.29 is 22.4 Å². The molecule has 0 aliphatic heterocycles. The standard InChI is InChI=1S/C18H14F3NO2/c1-10(23)17(12-3-6-14(7-4-12)18(19,20)21)13-5-8-15-16(9-13)24-11(2)22-15/h3-9,17H,1-2H3. The number of aromatic nitrogens is 1. The molecule has 0 saturated heterocycles. The lowest BCUT2D eigenvalue weighted by molar-refractivity contribution is -0.137. The van der Waals surface area contributed by atoms with Crippen LogP contribution < -0.4 is 0 Å². The molecule has 1 unspecified atom stereocenters. The maximum absolute atomic E-state index is 12.7. The number of hydrogen-bond acceptors (Lipinski definition) is 3. The molecule has 0 amide bonds. The normalized spacial score (nSPS) is 13.2. The molecule has 0 spiro atoms. The van der Waals surface area contributed by atoms with Crippen molar-refractivity contribution >= 4 is 16.9 Å². The Morgan fingerprint density at radius 2 is 1.71 bits per heavy atom. The topological polar surface area (TPSA) is 43.1 Å². The molecule has 1 atom stereocenters. The van der Waals surface area contributed by atoms with Crippen LogP contribution in [0, 0.1) is 6.92 Å². The number of aryl methyl sites for hydroxylation is 1. The highest BCUT2D eigenvalue weighted by atomic mass is 19.4. The minimum atomic E-state index is -4.40. The molecule has 124 valence electrons. The third kappa shape index (κ3) is 3.04. The molecule has 0 bridgehead atoms. The highest BCUT2D eigenvalue weighted by molar-refractivity contribution is 5.88. The number of ketones is 1. The minimum absolute atomic E-state index is 0.162. The van der Waals surface area contributed by atoms with Gasteiger partial charge in [0.05, 0.1) is 11.5 Å². The summed E-state index contributed by atoms with van der Waals surface area (Å²) in [4.78, 5) is 16.3. The first-order valence-electron chi connectivity index (χ1n) is 7.30. The van der Waals surface area contributed by atoms with Gasteiger partial charge in [0, 0.05) is 6.92 Å². The number of carbonyl (C=O) groups excluding carboxylic acids is 1. The lowest BCUT2D eigenvalue weighted by Crippen LogP contribution is -2.11. The van der Waals surface area contributed by atoms with E-state index < -0.39 is 17.7 Å². The van der Waals surface area contributed by atoms with Crippen LogP contribution in [0.1, 0.15) is 35.4 Å². The van der Waals surface area contributed by atoms with Gasteiger partial charge in [-0.25, -0.2) is 4.98 Å². The second-order valence-electron chi connectivity index (χ2n) is 5.62. The van der Waals surface area contributed by atoms with Crippen LogP contribution >= 0.6 is 0 Å². The minimum Gasteiger partial charge on any atom is -0.441 e. The van der Waals surface area contributed by atoms with E-state index in [1.165, 1.54) is 19.1 Å². The largest absolute Gasteiger partial charge is 0.441 e. The highest BCUT2D eigenvalue weighted by Gasteiger charge is 2.30. The fourth-order valence-electron chi connectivity index (χ4n) is 2.76. The molecular weight excluding hydrogens is 319 g/mol. The second-order valence-corrected chi connectivity index (χ2v) is 5.62. The zero-order chi connectivity index (χ0) is 17.5. The maximum atomic E-state index is 12.7. The Kier molecular flexibility index (Phi) is 3.91. The van der Waals surface area contributed by atoms with Gasteiger partial charge in [0.25, 0.3) is 0 Å². The Bertz CT molecular complexity index is 895. The van der Waals surface area contributed by atoms with Gasteiger partial charge in [0.15, 0.2) is 11.5 Å². The van der Waals surface area contributed by atoms with E-state index >= 15 is 0 Å². The van der Waals surface area contributed by atoms with Crippen LogP contribution in [-0.4, -0.2) is 10.8 Å². The van der Waals surface area contributed by atoms with Gasteiger partial charge in [-0.05, 0) is 42.3 Å². The molecule has 0 saturated carbocycles. The van der Waals surface area contributed by atoms with Gasteiger partial charge in [-0.3, -0.25) is 4.79 Å². The molecule has 1 aromatic heterocycles. The van der Waals surface area contributed by atoms with Crippen molar-refractivity contribution in [1.82, 2.24) is 4.98 Å². The van der Waals surface area contributed by atoms with Crippen molar-refractivity contribution in [3.63, 3.8) is 0 Å². The zero-order valence-corrected chi connectivity index (χ0v) is 13.0. The molecule has 0 aliphatic carbocycles. The molecule has 0 N–H and O–H groups in total. The molecule has 3 nitrogen and oxygen atoms in total. The molecule has 2 aromatic carbocycles. The summed E-state index contributed by atoms with van der Waals surface area (Å²) < 4.78 is 43.5. The maximum Gasteiger partial charge on any atom is 0.416 e. The van der Waals surface area contributed by atoms with E-state index in [1.54, 1.807) is 25.1 Å². The van der Waals surface area contributed by atoms with Crippen LogP contribution in [0.4, 0.5) is 13.2 Å². The van der Waals surface area contributed by atoms with Crippen molar-refractivity contribution in [3.8, 4) is 0 Å². The SMILES string of the molecule is CC(=O)C(c1ccc(C(F)(F)F)cc1)c1ccc2nc(C)oc2c1. The summed E-state index contributed by atoms with van der Waals surface area (Å²) in [5, 5.41) is 0. The molecular formula is C18H14F3NO2. The van der Waals surface area contributed by atoms with E-state index in [9.17, 15) is 18.0 Å². The third-order valence-electron chi connectivity index (χ3n) is 3.83. The molecule has 24 heavy (non-hydrogen) atoms. The molecule has 3 aromatic rings. The average Bonchev–Trinajstić information content (AvgIpc) is 2.86. The van der Waals surface area contributed by atoms with Crippen LogP contribution in [-0.2, 0) is 11.0 Å². The first kappa shape index (κ1) is 16.2. The van der Waals surface area contributed by atoms with E-state index in [4.69, 9.17) is 4.42 Å². The lowest BCUT2D eigenvalue weighted by Gasteiger charge is -2.16. The van der Waals surface area contributed by atoms with Crippen molar-refractivity contribution in [2.45, 2.75) is 25.9 Å². The van der Waals surface area contributed by atoms with Gasteiger partial charge in [0.2, 0.25) is 0 Å². The molecule has 6 heteroatoms. The molecule has 0 aliphatic rings.